The zero-order chi connectivity index (χ0) is 21.7. The van der Waals surface area contributed by atoms with E-state index in [-0.39, 0.29) is 5.69 Å². The lowest BCUT2D eigenvalue weighted by atomic mass is 10.1. The first-order chi connectivity index (χ1) is 14.3. The Kier molecular flexibility index (Phi) is 7.02. The van der Waals surface area contributed by atoms with Gasteiger partial charge in [0, 0.05) is 25.3 Å². The quantitative estimate of drug-likeness (QED) is 0.703. The van der Waals surface area contributed by atoms with E-state index < -0.39 is 23.7 Å². The second-order valence-corrected chi connectivity index (χ2v) is 7.80. The van der Waals surface area contributed by atoms with Crippen molar-refractivity contribution in [3.05, 3.63) is 59.7 Å². The number of nitrogens with zero attached hydrogens (tertiary/aromatic N) is 2. The van der Waals surface area contributed by atoms with Crippen LogP contribution in [0, 0.1) is 0 Å². The highest BCUT2D eigenvalue weighted by atomic mass is 19.4. The molecule has 0 saturated carbocycles. The topological polar surface area (TPSA) is 35.6 Å². The minimum absolute atomic E-state index is 0.219. The molecule has 1 unspecified atom stereocenters. The number of alkyl halides is 3. The molecule has 2 aromatic carbocycles. The number of carbonyl (C=O) groups is 1. The predicted molar refractivity (Wildman–Crippen MR) is 114 cm³/mol. The molecule has 1 atom stereocenters. The number of hydrogen-bond acceptors (Lipinski definition) is 3. The first-order valence-corrected chi connectivity index (χ1v) is 10.3. The van der Waals surface area contributed by atoms with E-state index in [0.29, 0.717) is 6.54 Å². The van der Waals surface area contributed by atoms with Crippen LogP contribution in [0.25, 0.3) is 0 Å². The van der Waals surface area contributed by atoms with Gasteiger partial charge in [-0.1, -0.05) is 30.3 Å². The van der Waals surface area contributed by atoms with Crippen LogP contribution >= 0.6 is 0 Å². The van der Waals surface area contributed by atoms with Crippen LogP contribution in [-0.2, 0) is 17.5 Å². The summed E-state index contributed by atoms with van der Waals surface area (Å²) >= 11 is 0. The number of hydrogen-bond donors (Lipinski definition) is 1. The van der Waals surface area contributed by atoms with Crippen LogP contribution in [0.2, 0.25) is 0 Å². The minimum atomic E-state index is -4.52. The fourth-order valence-corrected chi connectivity index (χ4v) is 3.77. The third-order valence-electron chi connectivity index (χ3n) is 5.64. The van der Waals surface area contributed by atoms with Crippen molar-refractivity contribution in [3.8, 4) is 0 Å². The highest BCUT2D eigenvalue weighted by molar-refractivity contribution is 5.95. The summed E-state index contributed by atoms with van der Waals surface area (Å²) in [5, 5.41) is 2.45. The predicted octanol–water partition coefficient (Wildman–Crippen LogP) is 5.15. The number of para-hydroxylation sites is 2. The van der Waals surface area contributed by atoms with Gasteiger partial charge >= 0.3 is 6.18 Å². The van der Waals surface area contributed by atoms with E-state index in [4.69, 9.17) is 0 Å². The van der Waals surface area contributed by atoms with Crippen molar-refractivity contribution in [2.75, 3.05) is 30.4 Å². The van der Waals surface area contributed by atoms with Gasteiger partial charge in [-0.05, 0) is 57.0 Å². The van der Waals surface area contributed by atoms with Gasteiger partial charge in [0.05, 0.1) is 17.3 Å². The fraction of sp³-hybridized carbons (Fsp3) is 0.435. The van der Waals surface area contributed by atoms with Gasteiger partial charge in [-0.3, -0.25) is 9.69 Å². The second kappa shape index (κ2) is 9.51. The summed E-state index contributed by atoms with van der Waals surface area (Å²) in [7, 11) is 1.81. The van der Waals surface area contributed by atoms with Gasteiger partial charge in [0.25, 0.3) is 0 Å². The Bertz CT molecular complexity index is 863. The Morgan fingerprint density at radius 2 is 1.70 bits per heavy atom. The van der Waals surface area contributed by atoms with Gasteiger partial charge in [0.1, 0.15) is 0 Å². The van der Waals surface area contributed by atoms with Crippen molar-refractivity contribution in [2.24, 2.45) is 0 Å². The van der Waals surface area contributed by atoms with E-state index in [1.807, 2.05) is 30.1 Å². The number of benzene rings is 2. The number of amides is 1. The van der Waals surface area contributed by atoms with Crippen LogP contribution in [0.4, 0.5) is 24.5 Å². The lowest BCUT2D eigenvalue weighted by Crippen LogP contribution is -2.40. The first-order valence-electron chi connectivity index (χ1n) is 10.3. The molecule has 0 aromatic heterocycles. The largest absolute Gasteiger partial charge is 0.418 e. The summed E-state index contributed by atoms with van der Waals surface area (Å²) in [4.78, 5) is 16.9. The molecular formula is C23H28F3N3O. The zero-order valence-electron chi connectivity index (χ0n) is 17.4. The molecule has 2 aromatic rings. The van der Waals surface area contributed by atoms with Gasteiger partial charge in [-0.15, -0.1) is 0 Å². The van der Waals surface area contributed by atoms with Crippen molar-refractivity contribution >= 4 is 17.3 Å². The molecule has 1 heterocycles. The number of carbonyl (C=O) groups excluding carboxylic acids is 1. The molecule has 1 saturated heterocycles. The van der Waals surface area contributed by atoms with E-state index >= 15 is 0 Å². The Morgan fingerprint density at radius 1 is 1.07 bits per heavy atom. The standard InChI is InChI=1S/C23H28F3N3O/c1-17(22(30)27-20-12-6-5-11-19(20)23(24,25)26)28(2)16-18-10-4-7-13-21(18)29-14-8-3-9-15-29/h4-7,10-13,17H,3,8-9,14-16H2,1-2H3,(H,27,30). The lowest BCUT2D eigenvalue weighted by Gasteiger charge is -2.32. The second-order valence-electron chi connectivity index (χ2n) is 7.80. The van der Waals surface area contributed by atoms with Crippen LogP contribution in [0.1, 0.15) is 37.3 Å². The molecule has 1 aliphatic heterocycles. The molecule has 0 radical (unpaired) electrons. The molecule has 7 heteroatoms. The first kappa shape index (κ1) is 22.2. The third kappa shape index (κ3) is 5.33. The zero-order valence-corrected chi connectivity index (χ0v) is 17.4. The Balaban J connectivity index is 1.70. The number of piperidine rings is 1. The number of nitrogens with one attached hydrogen (secondary N) is 1. The molecule has 4 nitrogen and oxygen atoms in total. The normalized spacial score (nSPS) is 15.9. The maximum absolute atomic E-state index is 13.2. The molecule has 0 bridgehead atoms. The van der Waals surface area contributed by atoms with Crippen molar-refractivity contribution in [3.63, 3.8) is 0 Å². The van der Waals surface area contributed by atoms with Gasteiger partial charge in [-0.2, -0.15) is 13.2 Å². The van der Waals surface area contributed by atoms with Crippen molar-refractivity contribution < 1.29 is 18.0 Å². The summed E-state index contributed by atoms with van der Waals surface area (Å²) in [6.07, 6.45) is -0.940. The molecule has 0 spiro atoms. The monoisotopic (exact) mass is 419 g/mol. The third-order valence-corrected chi connectivity index (χ3v) is 5.64. The highest BCUT2D eigenvalue weighted by Crippen LogP contribution is 2.34. The maximum atomic E-state index is 13.2. The van der Waals surface area contributed by atoms with Crippen LogP contribution in [-0.4, -0.2) is 37.0 Å². The summed E-state index contributed by atoms with van der Waals surface area (Å²) in [6.45, 7) is 4.27. The summed E-state index contributed by atoms with van der Waals surface area (Å²) in [6, 6.07) is 12.6. The van der Waals surface area contributed by atoms with Gasteiger partial charge in [0.15, 0.2) is 0 Å². The highest BCUT2D eigenvalue weighted by Gasteiger charge is 2.34. The van der Waals surface area contributed by atoms with Gasteiger partial charge in [0.2, 0.25) is 5.91 Å². The number of halogens is 3. The van der Waals surface area contributed by atoms with E-state index in [9.17, 15) is 18.0 Å². The van der Waals surface area contributed by atoms with Gasteiger partial charge in [-0.25, -0.2) is 0 Å². The minimum Gasteiger partial charge on any atom is -0.371 e. The molecule has 30 heavy (non-hydrogen) atoms. The van der Waals surface area contributed by atoms with Crippen molar-refractivity contribution in [1.29, 1.82) is 0 Å². The molecule has 3 rings (SSSR count). The summed E-state index contributed by atoms with van der Waals surface area (Å²) < 4.78 is 39.6. The molecule has 1 N–H and O–H groups in total. The number of rotatable bonds is 6. The molecule has 1 amide bonds. The van der Waals surface area contributed by atoms with Crippen LogP contribution in [0.3, 0.4) is 0 Å². The Hall–Kier alpha value is -2.54. The van der Waals surface area contributed by atoms with Crippen molar-refractivity contribution in [2.45, 2.75) is 44.9 Å². The molecule has 1 aliphatic rings. The summed E-state index contributed by atoms with van der Waals surface area (Å²) in [5.41, 5.74) is 1.21. The Labute approximate surface area is 175 Å². The maximum Gasteiger partial charge on any atom is 0.418 e. The lowest BCUT2D eigenvalue weighted by molar-refractivity contribution is -0.137. The Morgan fingerprint density at radius 3 is 2.40 bits per heavy atom. The van der Waals surface area contributed by atoms with Gasteiger partial charge < -0.3 is 10.2 Å². The molecule has 1 fully saturated rings. The smallest absolute Gasteiger partial charge is 0.371 e. The summed E-state index contributed by atoms with van der Waals surface area (Å²) in [5.74, 6) is -0.468. The van der Waals surface area contributed by atoms with Crippen LogP contribution in [0.5, 0.6) is 0 Å². The molecular weight excluding hydrogens is 391 g/mol. The van der Waals surface area contributed by atoms with Crippen LogP contribution in [0.15, 0.2) is 48.5 Å². The number of anilines is 2. The molecule has 162 valence electrons. The average molecular weight is 419 g/mol. The van der Waals surface area contributed by atoms with E-state index in [2.05, 4.69) is 16.3 Å². The fourth-order valence-electron chi connectivity index (χ4n) is 3.77. The average Bonchev–Trinajstić information content (AvgIpc) is 2.73. The van der Waals surface area contributed by atoms with Crippen molar-refractivity contribution in [1.82, 2.24) is 4.90 Å². The number of likely N-dealkylation sites (N-methyl/N-ethyl adjacent to an activating group) is 1. The van der Waals surface area contributed by atoms with E-state index in [1.54, 1.807) is 6.92 Å². The van der Waals surface area contributed by atoms with E-state index in [1.165, 1.54) is 43.1 Å². The van der Waals surface area contributed by atoms with Crippen LogP contribution < -0.4 is 10.2 Å². The SMILES string of the molecule is CC(C(=O)Nc1ccccc1C(F)(F)F)N(C)Cc1ccccc1N1CCCCC1. The van der Waals surface area contributed by atoms with E-state index in [0.717, 1.165) is 24.7 Å². The molecule has 0 aliphatic carbocycles.